The molecule has 1 aliphatic heterocycles. The molecule has 0 fully saturated rings. The van der Waals surface area contributed by atoms with E-state index in [1.165, 1.54) is 50.5 Å². The first-order chi connectivity index (χ1) is 16.1. The van der Waals surface area contributed by atoms with Crippen molar-refractivity contribution in [2.75, 3.05) is 17.2 Å². The molecule has 1 aliphatic rings. The fourth-order valence-corrected chi connectivity index (χ4v) is 3.60. The minimum absolute atomic E-state index is 0.0248. The SMILES string of the molecule is Cn1c(N)c(C(=O)COC(=O)c2cccc(N3C(=O)c4ccccc4C3=O)c2)c(=O)n(C)c1=O. The molecule has 34 heavy (non-hydrogen) atoms. The molecule has 0 saturated carbocycles. The van der Waals surface area contributed by atoms with Gasteiger partial charge in [0.25, 0.3) is 17.4 Å². The lowest BCUT2D eigenvalue weighted by Crippen LogP contribution is -2.42. The van der Waals surface area contributed by atoms with Gasteiger partial charge in [-0.2, -0.15) is 0 Å². The zero-order valence-electron chi connectivity index (χ0n) is 18.1. The number of rotatable bonds is 5. The number of nitrogen functional groups attached to an aromatic ring is 1. The summed E-state index contributed by atoms with van der Waals surface area (Å²) in [4.78, 5) is 75.6. The van der Waals surface area contributed by atoms with Crippen LogP contribution in [0.25, 0.3) is 0 Å². The molecule has 2 heterocycles. The first-order valence-electron chi connectivity index (χ1n) is 9.97. The number of amides is 2. The average Bonchev–Trinajstić information content (AvgIpc) is 3.10. The van der Waals surface area contributed by atoms with E-state index in [1.807, 2.05) is 0 Å². The lowest BCUT2D eigenvalue weighted by atomic mass is 10.1. The third-order valence-electron chi connectivity index (χ3n) is 5.46. The summed E-state index contributed by atoms with van der Waals surface area (Å²) in [6, 6.07) is 12.0. The maximum absolute atomic E-state index is 12.7. The first-order valence-corrected chi connectivity index (χ1v) is 9.97. The number of carbonyl (C=O) groups excluding carboxylic acids is 4. The molecular formula is C23H18N4O7. The highest BCUT2D eigenvalue weighted by atomic mass is 16.5. The molecule has 0 spiro atoms. The smallest absolute Gasteiger partial charge is 0.338 e. The maximum Gasteiger partial charge on any atom is 0.338 e. The molecule has 4 rings (SSSR count). The number of esters is 1. The molecule has 0 unspecified atom stereocenters. The van der Waals surface area contributed by atoms with Gasteiger partial charge >= 0.3 is 11.7 Å². The molecule has 2 aromatic carbocycles. The maximum atomic E-state index is 12.7. The predicted molar refractivity (Wildman–Crippen MR) is 120 cm³/mol. The standard InChI is InChI=1S/C23H18N4O7/c1-25-18(24)17(21(31)26(2)23(25)33)16(28)11-34-22(32)12-6-5-7-13(10-12)27-19(29)14-8-3-4-9-15(14)20(27)30/h3-10H,11,24H2,1-2H3. The number of fused-ring (bicyclic) bond motifs is 1. The lowest BCUT2D eigenvalue weighted by molar-refractivity contribution is 0.0474. The van der Waals surface area contributed by atoms with E-state index >= 15 is 0 Å². The largest absolute Gasteiger partial charge is 0.454 e. The van der Waals surface area contributed by atoms with Crippen molar-refractivity contribution >= 4 is 35.1 Å². The van der Waals surface area contributed by atoms with Crippen molar-refractivity contribution in [3.8, 4) is 0 Å². The number of nitrogens with zero attached hydrogens (tertiary/aromatic N) is 3. The van der Waals surface area contributed by atoms with Crippen molar-refractivity contribution in [1.82, 2.24) is 9.13 Å². The van der Waals surface area contributed by atoms with E-state index < -0.39 is 47.0 Å². The molecule has 2 amide bonds. The van der Waals surface area contributed by atoms with Crippen LogP contribution >= 0.6 is 0 Å². The van der Waals surface area contributed by atoms with E-state index in [4.69, 9.17) is 10.5 Å². The second kappa shape index (κ2) is 8.28. The number of anilines is 2. The highest BCUT2D eigenvalue weighted by Crippen LogP contribution is 2.28. The van der Waals surface area contributed by atoms with Gasteiger partial charge in [0.1, 0.15) is 11.4 Å². The van der Waals surface area contributed by atoms with Gasteiger partial charge in [-0.15, -0.1) is 0 Å². The second-order valence-electron chi connectivity index (χ2n) is 7.51. The third kappa shape index (κ3) is 3.48. The Kier molecular flexibility index (Phi) is 5.45. The van der Waals surface area contributed by atoms with E-state index in [-0.39, 0.29) is 28.2 Å². The number of benzene rings is 2. The Bertz CT molecular complexity index is 1480. The fraction of sp³-hybridized carbons (Fsp3) is 0.130. The zero-order chi connectivity index (χ0) is 24.7. The summed E-state index contributed by atoms with van der Waals surface area (Å²) in [5.74, 6) is -3.21. The average molecular weight is 462 g/mol. The third-order valence-corrected chi connectivity index (χ3v) is 5.46. The second-order valence-corrected chi connectivity index (χ2v) is 7.51. The van der Waals surface area contributed by atoms with Crippen molar-refractivity contribution < 1.29 is 23.9 Å². The number of carbonyl (C=O) groups is 4. The van der Waals surface area contributed by atoms with Gasteiger partial charge in [-0.1, -0.05) is 18.2 Å². The van der Waals surface area contributed by atoms with Gasteiger partial charge in [0.15, 0.2) is 6.61 Å². The molecule has 2 N–H and O–H groups in total. The number of aromatic nitrogens is 2. The van der Waals surface area contributed by atoms with Gasteiger partial charge in [-0.3, -0.25) is 28.3 Å². The van der Waals surface area contributed by atoms with Gasteiger partial charge in [0.05, 0.1) is 22.4 Å². The van der Waals surface area contributed by atoms with Gasteiger partial charge in [-0.05, 0) is 30.3 Å². The number of hydrogen-bond acceptors (Lipinski definition) is 8. The van der Waals surface area contributed by atoms with E-state index in [9.17, 15) is 28.8 Å². The van der Waals surface area contributed by atoms with Crippen LogP contribution in [0, 0.1) is 0 Å². The quantitative estimate of drug-likeness (QED) is 0.327. The fourth-order valence-electron chi connectivity index (χ4n) is 3.60. The van der Waals surface area contributed by atoms with Crippen LogP contribution in [0.3, 0.4) is 0 Å². The Morgan fingerprint density at radius 2 is 1.50 bits per heavy atom. The molecular weight excluding hydrogens is 444 g/mol. The molecule has 1 aromatic heterocycles. The highest BCUT2D eigenvalue weighted by Gasteiger charge is 2.36. The van der Waals surface area contributed by atoms with E-state index in [1.54, 1.807) is 12.1 Å². The van der Waals surface area contributed by atoms with Crippen LogP contribution in [0.2, 0.25) is 0 Å². The normalized spacial score (nSPS) is 12.6. The van der Waals surface area contributed by atoms with Crippen LogP contribution < -0.4 is 21.9 Å². The minimum Gasteiger partial charge on any atom is -0.454 e. The summed E-state index contributed by atoms with van der Waals surface area (Å²) in [5, 5.41) is 0. The van der Waals surface area contributed by atoms with Gasteiger partial charge < -0.3 is 10.5 Å². The number of hydrogen-bond donors (Lipinski definition) is 1. The minimum atomic E-state index is -0.924. The number of ketones is 1. The lowest BCUT2D eigenvalue weighted by Gasteiger charge is -2.15. The van der Waals surface area contributed by atoms with Crippen molar-refractivity contribution in [1.29, 1.82) is 0 Å². The van der Waals surface area contributed by atoms with Crippen LogP contribution in [0.5, 0.6) is 0 Å². The van der Waals surface area contributed by atoms with Crippen molar-refractivity contribution in [3.63, 3.8) is 0 Å². The van der Waals surface area contributed by atoms with E-state index in [2.05, 4.69) is 0 Å². The summed E-state index contributed by atoms with van der Waals surface area (Å²) < 4.78 is 6.68. The molecule has 0 radical (unpaired) electrons. The zero-order valence-corrected chi connectivity index (χ0v) is 18.1. The first kappa shape index (κ1) is 22.4. The predicted octanol–water partition coefficient (Wildman–Crippen LogP) is 0.506. The number of ether oxygens (including phenoxy) is 1. The van der Waals surface area contributed by atoms with Crippen LogP contribution in [0.1, 0.15) is 41.4 Å². The topological polar surface area (TPSA) is 151 Å². The Morgan fingerprint density at radius 3 is 2.12 bits per heavy atom. The van der Waals surface area contributed by atoms with E-state index in [0.717, 1.165) is 14.0 Å². The van der Waals surface area contributed by atoms with E-state index in [0.29, 0.717) is 0 Å². The van der Waals surface area contributed by atoms with Crippen molar-refractivity contribution in [3.05, 3.63) is 91.6 Å². The molecule has 0 atom stereocenters. The van der Waals surface area contributed by atoms with Crippen molar-refractivity contribution in [2.24, 2.45) is 14.1 Å². The summed E-state index contributed by atoms with van der Waals surface area (Å²) in [6.07, 6.45) is 0. The summed E-state index contributed by atoms with van der Waals surface area (Å²) in [5.41, 5.74) is 4.29. The van der Waals surface area contributed by atoms with Gasteiger partial charge in [-0.25, -0.2) is 14.5 Å². The van der Waals surface area contributed by atoms with Gasteiger partial charge in [0.2, 0.25) is 5.78 Å². The molecule has 11 heteroatoms. The van der Waals surface area contributed by atoms with Crippen molar-refractivity contribution in [2.45, 2.75) is 0 Å². The summed E-state index contributed by atoms with van der Waals surface area (Å²) in [6.45, 7) is -0.812. The molecule has 172 valence electrons. The number of nitrogens with two attached hydrogens (primary N) is 1. The molecule has 11 nitrogen and oxygen atoms in total. The summed E-state index contributed by atoms with van der Waals surface area (Å²) in [7, 11) is 2.49. The Labute approximate surface area is 191 Å². The Hall–Kier alpha value is -4.80. The summed E-state index contributed by atoms with van der Waals surface area (Å²) >= 11 is 0. The monoisotopic (exact) mass is 462 g/mol. The molecule has 3 aromatic rings. The number of imide groups is 1. The highest BCUT2D eigenvalue weighted by molar-refractivity contribution is 6.34. The molecule has 0 aliphatic carbocycles. The van der Waals surface area contributed by atoms with Crippen LogP contribution in [-0.2, 0) is 18.8 Å². The Morgan fingerprint density at radius 1 is 0.882 bits per heavy atom. The van der Waals surface area contributed by atoms with Gasteiger partial charge in [0, 0.05) is 14.1 Å². The Balaban J connectivity index is 1.54. The number of Topliss-reactive ketones (excluding diaryl/α,β-unsaturated/α-hetero) is 1. The molecule has 0 saturated heterocycles. The van der Waals surface area contributed by atoms with Crippen LogP contribution in [-0.4, -0.2) is 39.3 Å². The molecule has 0 bridgehead atoms. The van der Waals surface area contributed by atoms with Crippen LogP contribution in [0.15, 0.2) is 58.1 Å². The van der Waals surface area contributed by atoms with Crippen LogP contribution in [0.4, 0.5) is 11.5 Å².